The molecule has 0 aliphatic rings. The van der Waals surface area contributed by atoms with E-state index in [1.165, 1.54) is 0 Å². The number of carbonyl (C=O) groups excluding carboxylic acids is 1. The molecule has 0 heterocycles. The van der Waals surface area contributed by atoms with Gasteiger partial charge in [0.2, 0.25) is 0 Å². The van der Waals surface area contributed by atoms with Crippen molar-refractivity contribution in [2.24, 2.45) is 17.3 Å². The first-order valence-electron chi connectivity index (χ1n) is 5.31. The molecular weight excluding hydrogens is 160 g/mol. The van der Waals surface area contributed by atoms with Crippen LogP contribution in [0.5, 0.6) is 0 Å². The van der Waals surface area contributed by atoms with Gasteiger partial charge in [0.25, 0.3) is 0 Å². The van der Waals surface area contributed by atoms with Crippen molar-refractivity contribution in [3.05, 3.63) is 0 Å². The Morgan fingerprint density at radius 3 is 1.92 bits per heavy atom. The lowest BCUT2D eigenvalue weighted by molar-refractivity contribution is -0.126. The van der Waals surface area contributed by atoms with Crippen LogP contribution in [0.25, 0.3) is 0 Å². The van der Waals surface area contributed by atoms with Gasteiger partial charge in [0.15, 0.2) is 0 Å². The molecule has 13 heavy (non-hydrogen) atoms. The molecule has 0 radical (unpaired) electrons. The van der Waals surface area contributed by atoms with Crippen LogP contribution in [0.15, 0.2) is 0 Å². The summed E-state index contributed by atoms with van der Waals surface area (Å²) in [7, 11) is 0. The zero-order valence-electron chi connectivity index (χ0n) is 9.98. The fourth-order valence-corrected chi connectivity index (χ4v) is 1.66. The molecular formula is C12H24O. The van der Waals surface area contributed by atoms with Gasteiger partial charge >= 0.3 is 0 Å². The highest BCUT2D eigenvalue weighted by Crippen LogP contribution is 2.28. The van der Waals surface area contributed by atoms with Crippen LogP contribution in [0.2, 0.25) is 0 Å². The minimum absolute atomic E-state index is 0.187. The Morgan fingerprint density at radius 1 is 1.23 bits per heavy atom. The van der Waals surface area contributed by atoms with Crippen LogP contribution in [0.1, 0.15) is 54.4 Å². The van der Waals surface area contributed by atoms with Gasteiger partial charge in [0.1, 0.15) is 5.78 Å². The maximum Gasteiger partial charge on any atom is 0.138 e. The second-order valence-corrected chi connectivity index (χ2v) is 5.43. The zero-order chi connectivity index (χ0) is 10.6. The third-order valence-corrected chi connectivity index (χ3v) is 2.32. The maximum absolute atomic E-state index is 11.8. The van der Waals surface area contributed by atoms with E-state index >= 15 is 0 Å². The number of ketones is 1. The van der Waals surface area contributed by atoms with Crippen LogP contribution in [0, 0.1) is 17.3 Å². The average molecular weight is 184 g/mol. The molecule has 0 aliphatic carbocycles. The van der Waals surface area contributed by atoms with E-state index < -0.39 is 0 Å². The predicted molar refractivity (Wildman–Crippen MR) is 57.7 cm³/mol. The third kappa shape index (κ3) is 5.07. The highest BCUT2D eigenvalue weighted by atomic mass is 16.1. The standard InChI is InChI=1S/C12H24O/c1-7-10(8-12(4,5)6)11(13)9(2)3/h9-10H,7-8H2,1-6H3. The summed E-state index contributed by atoms with van der Waals surface area (Å²) in [6, 6.07) is 0. The van der Waals surface area contributed by atoms with E-state index in [9.17, 15) is 4.79 Å². The fraction of sp³-hybridized carbons (Fsp3) is 0.917. The summed E-state index contributed by atoms with van der Waals surface area (Å²) in [5.74, 6) is 0.879. The molecule has 0 bridgehead atoms. The van der Waals surface area contributed by atoms with E-state index in [1.54, 1.807) is 0 Å². The van der Waals surface area contributed by atoms with Crippen molar-refractivity contribution in [2.45, 2.75) is 54.4 Å². The molecule has 0 N–H and O–H groups in total. The van der Waals surface area contributed by atoms with Crippen LogP contribution >= 0.6 is 0 Å². The quantitative estimate of drug-likeness (QED) is 0.651. The summed E-state index contributed by atoms with van der Waals surface area (Å²) in [5, 5.41) is 0. The number of Topliss-reactive ketones (excluding diaryl/α,β-unsaturated/α-hetero) is 1. The summed E-state index contributed by atoms with van der Waals surface area (Å²) in [6.07, 6.45) is 1.99. The van der Waals surface area contributed by atoms with Crippen molar-refractivity contribution >= 4 is 5.78 Å². The molecule has 0 rings (SSSR count). The number of hydrogen-bond acceptors (Lipinski definition) is 1. The molecule has 1 nitrogen and oxygen atoms in total. The van der Waals surface area contributed by atoms with Crippen LogP contribution in [0.4, 0.5) is 0 Å². The Balaban J connectivity index is 4.27. The predicted octanol–water partition coefficient (Wildman–Crippen LogP) is 3.67. The molecule has 0 amide bonds. The van der Waals surface area contributed by atoms with Crippen molar-refractivity contribution in [3.8, 4) is 0 Å². The summed E-state index contributed by atoms with van der Waals surface area (Å²) in [5.41, 5.74) is 0.269. The number of hydrogen-bond donors (Lipinski definition) is 0. The Labute approximate surface area is 82.9 Å². The van der Waals surface area contributed by atoms with Crippen LogP contribution in [-0.4, -0.2) is 5.78 Å². The van der Waals surface area contributed by atoms with Crippen molar-refractivity contribution in [1.82, 2.24) is 0 Å². The highest BCUT2D eigenvalue weighted by molar-refractivity contribution is 5.82. The minimum atomic E-state index is 0.187. The summed E-state index contributed by atoms with van der Waals surface area (Å²) in [4.78, 5) is 11.8. The number of carbonyl (C=O) groups is 1. The van der Waals surface area contributed by atoms with Gasteiger partial charge in [0.05, 0.1) is 0 Å². The molecule has 1 heteroatoms. The summed E-state index contributed by atoms with van der Waals surface area (Å²) >= 11 is 0. The van der Waals surface area contributed by atoms with Gasteiger partial charge in [0, 0.05) is 11.8 Å². The van der Waals surface area contributed by atoms with Gasteiger partial charge in [-0.25, -0.2) is 0 Å². The lowest BCUT2D eigenvalue weighted by Gasteiger charge is -2.25. The van der Waals surface area contributed by atoms with E-state index in [2.05, 4.69) is 27.7 Å². The minimum Gasteiger partial charge on any atom is -0.299 e. The smallest absolute Gasteiger partial charge is 0.138 e. The molecule has 0 saturated carbocycles. The van der Waals surface area contributed by atoms with Crippen LogP contribution < -0.4 is 0 Å². The second kappa shape index (κ2) is 4.78. The Morgan fingerprint density at radius 2 is 1.69 bits per heavy atom. The SMILES string of the molecule is CCC(CC(C)(C)C)C(=O)C(C)C. The molecule has 0 aromatic carbocycles. The van der Waals surface area contributed by atoms with Gasteiger partial charge in [-0.3, -0.25) is 4.79 Å². The molecule has 0 spiro atoms. The Kier molecular flexibility index (Phi) is 4.66. The molecule has 0 aromatic heterocycles. The van der Waals surface area contributed by atoms with E-state index in [4.69, 9.17) is 0 Å². The summed E-state index contributed by atoms with van der Waals surface area (Å²) in [6.45, 7) is 12.7. The largest absolute Gasteiger partial charge is 0.299 e. The van der Waals surface area contributed by atoms with Gasteiger partial charge in [-0.2, -0.15) is 0 Å². The Bertz CT molecular complexity index is 162. The van der Waals surface area contributed by atoms with Gasteiger partial charge in [-0.15, -0.1) is 0 Å². The van der Waals surface area contributed by atoms with E-state index in [0.717, 1.165) is 12.8 Å². The second-order valence-electron chi connectivity index (χ2n) is 5.43. The lowest BCUT2D eigenvalue weighted by Crippen LogP contribution is -2.24. The van der Waals surface area contributed by atoms with Crippen molar-refractivity contribution in [3.63, 3.8) is 0 Å². The lowest BCUT2D eigenvalue weighted by atomic mass is 9.79. The molecule has 1 unspecified atom stereocenters. The topological polar surface area (TPSA) is 17.1 Å². The molecule has 1 atom stereocenters. The normalized spacial score (nSPS) is 14.7. The van der Waals surface area contributed by atoms with E-state index in [1.807, 2.05) is 13.8 Å². The molecule has 0 saturated heterocycles. The van der Waals surface area contributed by atoms with Gasteiger partial charge in [-0.05, 0) is 18.3 Å². The molecule has 0 fully saturated rings. The summed E-state index contributed by atoms with van der Waals surface area (Å²) < 4.78 is 0. The molecule has 78 valence electrons. The number of rotatable bonds is 4. The fourth-order valence-electron chi connectivity index (χ4n) is 1.66. The van der Waals surface area contributed by atoms with Crippen LogP contribution in [-0.2, 0) is 4.79 Å². The Hall–Kier alpha value is -0.330. The van der Waals surface area contributed by atoms with Crippen LogP contribution in [0.3, 0.4) is 0 Å². The van der Waals surface area contributed by atoms with Crippen molar-refractivity contribution in [1.29, 1.82) is 0 Å². The first-order chi connectivity index (χ1) is 5.78. The van der Waals surface area contributed by atoms with E-state index in [-0.39, 0.29) is 17.3 Å². The first kappa shape index (κ1) is 12.7. The average Bonchev–Trinajstić information content (AvgIpc) is 1.97. The molecule has 0 aliphatic heterocycles. The first-order valence-corrected chi connectivity index (χ1v) is 5.31. The highest BCUT2D eigenvalue weighted by Gasteiger charge is 2.24. The zero-order valence-corrected chi connectivity index (χ0v) is 9.98. The monoisotopic (exact) mass is 184 g/mol. The maximum atomic E-state index is 11.8. The molecule has 0 aromatic rings. The third-order valence-electron chi connectivity index (χ3n) is 2.32. The van der Waals surface area contributed by atoms with Gasteiger partial charge in [-0.1, -0.05) is 41.5 Å². The van der Waals surface area contributed by atoms with Crippen molar-refractivity contribution < 1.29 is 4.79 Å². The van der Waals surface area contributed by atoms with Gasteiger partial charge < -0.3 is 0 Å². The van der Waals surface area contributed by atoms with Crippen molar-refractivity contribution in [2.75, 3.05) is 0 Å². The van der Waals surface area contributed by atoms with E-state index in [0.29, 0.717) is 5.78 Å².